The molecule has 0 aliphatic heterocycles. The van der Waals surface area contributed by atoms with Crippen molar-refractivity contribution in [2.24, 2.45) is 11.3 Å². The smallest absolute Gasteiger partial charge is 0.0684 e. The Morgan fingerprint density at radius 3 is 2.29 bits per heavy atom. The van der Waals surface area contributed by atoms with Gasteiger partial charge in [0, 0.05) is 0 Å². The van der Waals surface area contributed by atoms with Crippen molar-refractivity contribution in [2.45, 2.75) is 40.5 Å². The van der Waals surface area contributed by atoms with Gasteiger partial charge in [0.1, 0.15) is 0 Å². The van der Waals surface area contributed by atoms with Gasteiger partial charge in [0.2, 0.25) is 0 Å². The standard InChI is InChI=1S/C12H24N2/c1-11(2)6-8-14(5)9-7-12(3,4)10-13/h11H,6-9H2,1-5H3. The molecule has 0 heterocycles. The molecule has 0 saturated carbocycles. The predicted octanol–water partition coefficient (Wildman–Crippen LogP) is 2.90. The Balaban J connectivity index is 3.65. The second-order valence-corrected chi connectivity index (χ2v) is 5.23. The van der Waals surface area contributed by atoms with Crippen LogP contribution >= 0.6 is 0 Å². The molecule has 0 radical (unpaired) electrons. The minimum Gasteiger partial charge on any atom is -0.306 e. The summed E-state index contributed by atoms with van der Waals surface area (Å²) in [5.41, 5.74) is -0.175. The van der Waals surface area contributed by atoms with Crippen LogP contribution < -0.4 is 0 Å². The van der Waals surface area contributed by atoms with Crippen molar-refractivity contribution in [1.82, 2.24) is 4.90 Å². The minimum absolute atomic E-state index is 0.175. The molecule has 82 valence electrons. The summed E-state index contributed by atoms with van der Waals surface area (Å²) in [5.74, 6) is 0.765. The first-order valence-electron chi connectivity index (χ1n) is 5.47. The second kappa shape index (κ2) is 6.03. The number of hydrogen-bond acceptors (Lipinski definition) is 2. The third-order valence-electron chi connectivity index (χ3n) is 2.51. The van der Waals surface area contributed by atoms with E-state index in [-0.39, 0.29) is 5.41 Å². The molecule has 0 fully saturated rings. The highest BCUT2D eigenvalue weighted by Crippen LogP contribution is 2.18. The largest absolute Gasteiger partial charge is 0.306 e. The lowest BCUT2D eigenvalue weighted by Crippen LogP contribution is -2.25. The van der Waals surface area contributed by atoms with E-state index in [4.69, 9.17) is 5.26 Å². The molecule has 0 spiro atoms. The quantitative estimate of drug-likeness (QED) is 0.653. The molecule has 2 nitrogen and oxygen atoms in total. The highest BCUT2D eigenvalue weighted by Gasteiger charge is 2.16. The van der Waals surface area contributed by atoms with Crippen molar-refractivity contribution in [3.8, 4) is 6.07 Å². The van der Waals surface area contributed by atoms with Crippen LogP contribution in [-0.4, -0.2) is 25.0 Å². The lowest BCUT2D eigenvalue weighted by atomic mass is 9.91. The van der Waals surface area contributed by atoms with Crippen molar-refractivity contribution in [3.05, 3.63) is 0 Å². The molecule has 0 unspecified atom stereocenters. The van der Waals surface area contributed by atoms with Crippen molar-refractivity contribution in [1.29, 1.82) is 5.26 Å². The van der Waals surface area contributed by atoms with Gasteiger partial charge in [-0.1, -0.05) is 13.8 Å². The van der Waals surface area contributed by atoms with E-state index in [9.17, 15) is 0 Å². The first-order valence-corrected chi connectivity index (χ1v) is 5.47. The Hall–Kier alpha value is -0.550. The lowest BCUT2D eigenvalue weighted by Gasteiger charge is -2.22. The van der Waals surface area contributed by atoms with Gasteiger partial charge >= 0.3 is 0 Å². The van der Waals surface area contributed by atoms with Gasteiger partial charge in [-0.3, -0.25) is 0 Å². The number of hydrogen-bond donors (Lipinski definition) is 0. The molecule has 0 aromatic heterocycles. The van der Waals surface area contributed by atoms with Crippen LogP contribution in [0.5, 0.6) is 0 Å². The zero-order valence-electron chi connectivity index (χ0n) is 10.3. The normalized spacial score (nSPS) is 12.1. The minimum atomic E-state index is -0.175. The van der Waals surface area contributed by atoms with Gasteiger partial charge in [0.05, 0.1) is 11.5 Å². The molecule has 0 amide bonds. The van der Waals surface area contributed by atoms with E-state index >= 15 is 0 Å². The second-order valence-electron chi connectivity index (χ2n) is 5.23. The average Bonchev–Trinajstić information content (AvgIpc) is 2.11. The third-order valence-corrected chi connectivity index (χ3v) is 2.51. The van der Waals surface area contributed by atoms with Gasteiger partial charge in [-0.15, -0.1) is 0 Å². The fourth-order valence-electron chi connectivity index (χ4n) is 1.12. The maximum Gasteiger partial charge on any atom is 0.0684 e. The zero-order valence-corrected chi connectivity index (χ0v) is 10.3. The van der Waals surface area contributed by atoms with Gasteiger partial charge in [0.15, 0.2) is 0 Å². The molecule has 0 aliphatic rings. The van der Waals surface area contributed by atoms with E-state index in [1.807, 2.05) is 13.8 Å². The highest BCUT2D eigenvalue weighted by atomic mass is 15.1. The summed E-state index contributed by atoms with van der Waals surface area (Å²) in [4.78, 5) is 2.32. The van der Waals surface area contributed by atoms with Crippen LogP contribution in [0.2, 0.25) is 0 Å². The zero-order chi connectivity index (χ0) is 11.2. The first-order chi connectivity index (χ1) is 6.37. The molecule has 0 rings (SSSR count). The maximum absolute atomic E-state index is 8.86. The Morgan fingerprint density at radius 2 is 1.86 bits per heavy atom. The molecule has 0 saturated heterocycles. The summed E-state index contributed by atoms with van der Waals surface area (Å²) >= 11 is 0. The van der Waals surface area contributed by atoms with Crippen LogP contribution in [0.25, 0.3) is 0 Å². The fourth-order valence-corrected chi connectivity index (χ4v) is 1.12. The number of nitrogens with zero attached hydrogens (tertiary/aromatic N) is 2. The van der Waals surface area contributed by atoms with Crippen molar-refractivity contribution < 1.29 is 0 Å². The summed E-state index contributed by atoms with van der Waals surface area (Å²) in [6.45, 7) is 10.7. The lowest BCUT2D eigenvalue weighted by molar-refractivity contribution is 0.272. The monoisotopic (exact) mass is 196 g/mol. The Kier molecular flexibility index (Phi) is 5.79. The number of nitriles is 1. The third kappa shape index (κ3) is 6.91. The van der Waals surface area contributed by atoms with Crippen LogP contribution in [0.4, 0.5) is 0 Å². The van der Waals surface area contributed by atoms with E-state index in [0.29, 0.717) is 0 Å². The van der Waals surface area contributed by atoms with Crippen molar-refractivity contribution in [3.63, 3.8) is 0 Å². The first kappa shape index (κ1) is 13.4. The fraction of sp³-hybridized carbons (Fsp3) is 0.917. The summed E-state index contributed by atoms with van der Waals surface area (Å²) < 4.78 is 0. The molecule has 0 aliphatic carbocycles. The van der Waals surface area contributed by atoms with Gasteiger partial charge < -0.3 is 4.90 Å². The van der Waals surface area contributed by atoms with Crippen LogP contribution in [0.15, 0.2) is 0 Å². The van der Waals surface area contributed by atoms with Crippen molar-refractivity contribution >= 4 is 0 Å². The summed E-state index contributed by atoms with van der Waals surface area (Å²) in [6, 6.07) is 2.33. The van der Waals surface area contributed by atoms with Gasteiger partial charge in [-0.25, -0.2) is 0 Å². The van der Waals surface area contributed by atoms with E-state index < -0.39 is 0 Å². The predicted molar refractivity (Wildman–Crippen MR) is 61.0 cm³/mol. The highest BCUT2D eigenvalue weighted by molar-refractivity contribution is 4.91. The average molecular weight is 196 g/mol. The molecule has 0 bridgehead atoms. The van der Waals surface area contributed by atoms with Crippen molar-refractivity contribution in [2.75, 3.05) is 20.1 Å². The maximum atomic E-state index is 8.86. The Morgan fingerprint density at radius 1 is 1.29 bits per heavy atom. The van der Waals surface area contributed by atoms with Crippen LogP contribution in [0.3, 0.4) is 0 Å². The molecular weight excluding hydrogens is 172 g/mol. The van der Waals surface area contributed by atoms with E-state index in [1.165, 1.54) is 6.42 Å². The van der Waals surface area contributed by atoms with Gasteiger partial charge in [-0.2, -0.15) is 5.26 Å². The van der Waals surface area contributed by atoms with Crippen LogP contribution in [-0.2, 0) is 0 Å². The molecular formula is C12H24N2. The van der Waals surface area contributed by atoms with Crippen LogP contribution in [0.1, 0.15) is 40.5 Å². The molecule has 0 aromatic carbocycles. The molecule has 0 N–H and O–H groups in total. The molecule has 14 heavy (non-hydrogen) atoms. The summed E-state index contributed by atoms with van der Waals surface area (Å²) in [6.07, 6.45) is 2.20. The Bertz CT molecular complexity index is 189. The molecule has 0 aromatic rings. The van der Waals surface area contributed by atoms with E-state index in [1.54, 1.807) is 0 Å². The number of rotatable bonds is 6. The topological polar surface area (TPSA) is 27.0 Å². The Labute approximate surface area is 88.9 Å². The van der Waals surface area contributed by atoms with Crippen LogP contribution in [0, 0.1) is 22.7 Å². The van der Waals surface area contributed by atoms with E-state index in [0.717, 1.165) is 25.4 Å². The van der Waals surface area contributed by atoms with Gasteiger partial charge in [0.25, 0.3) is 0 Å². The SMILES string of the molecule is CC(C)CCN(C)CCC(C)(C)C#N. The molecule has 0 atom stereocenters. The van der Waals surface area contributed by atoms with E-state index in [2.05, 4.69) is 31.9 Å². The molecule has 2 heteroatoms. The summed E-state index contributed by atoms with van der Waals surface area (Å²) in [7, 11) is 2.13. The van der Waals surface area contributed by atoms with Gasteiger partial charge in [-0.05, 0) is 52.7 Å². The summed E-state index contributed by atoms with van der Waals surface area (Å²) in [5, 5.41) is 8.86.